The minimum Gasteiger partial charge on any atom is -0.380 e. The Kier molecular flexibility index (Phi) is 6.80. The Morgan fingerprint density at radius 3 is 2.33 bits per heavy atom. The number of H-pyrrole nitrogens is 1. The zero-order valence-electron chi connectivity index (χ0n) is 19.6. The summed E-state index contributed by atoms with van der Waals surface area (Å²) in [6, 6.07) is 7.51. The van der Waals surface area contributed by atoms with E-state index >= 15 is 0 Å². The van der Waals surface area contributed by atoms with Crippen LogP contribution in [0.2, 0.25) is 0 Å². The molecule has 0 radical (unpaired) electrons. The fraction of sp³-hybridized carbons (Fsp3) is 0.480. The maximum atomic E-state index is 14.2. The average molecular weight is 466 g/mol. The molecule has 1 aromatic carbocycles. The standard InChI is InChI=1S/C25H31F4N3O/c1-6-32(7-2)22-11-17-10-19(31-21(17)14-30-22)13-24(33,25(27,28)29)15-23(4,5)20-12-18(26)9-8-16(20)3/h8-12,14,31,33H,6-7,13,15H2,1-5H3. The van der Waals surface area contributed by atoms with Gasteiger partial charge in [-0.1, -0.05) is 19.9 Å². The van der Waals surface area contributed by atoms with E-state index in [0.717, 1.165) is 24.3 Å². The van der Waals surface area contributed by atoms with Gasteiger partial charge in [-0.15, -0.1) is 0 Å². The topological polar surface area (TPSA) is 52.1 Å². The van der Waals surface area contributed by atoms with Crippen LogP contribution >= 0.6 is 0 Å². The van der Waals surface area contributed by atoms with Gasteiger partial charge in [-0.2, -0.15) is 13.2 Å². The van der Waals surface area contributed by atoms with Crippen LogP contribution in [0, 0.1) is 12.7 Å². The van der Waals surface area contributed by atoms with E-state index in [9.17, 15) is 22.7 Å². The van der Waals surface area contributed by atoms with Gasteiger partial charge in [0, 0.05) is 30.6 Å². The first-order valence-corrected chi connectivity index (χ1v) is 11.1. The van der Waals surface area contributed by atoms with Crippen LogP contribution in [0.15, 0.2) is 36.5 Å². The Labute approximate surface area is 191 Å². The first kappa shape index (κ1) is 25.0. The molecule has 2 N–H and O–H groups in total. The van der Waals surface area contributed by atoms with Gasteiger partial charge in [0.25, 0.3) is 0 Å². The summed E-state index contributed by atoms with van der Waals surface area (Å²) >= 11 is 0. The maximum Gasteiger partial charge on any atom is 0.417 e. The van der Waals surface area contributed by atoms with Crippen LogP contribution in [0.5, 0.6) is 0 Å². The molecule has 3 rings (SSSR count). The van der Waals surface area contributed by atoms with Gasteiger partial charge in [0.05, 0.1) is 11.7 Å². The number of halogens is 4. The molecular weight excluding hydrogens is 434 g/mol. The number of aromatic nitrogens is 2. The van der Waals surface area contributed by atoms with Crippen molar-refractivity contribution in [1.82, 2.24) is 9.97 Å². The van der Waals surface area contributed by atoms with Crippen LogP contribution in [0.25, 0.3) is 10.9 Å². The highest BCUT2D eigenvalue weighted by Crippen LogP contribution is 2.44. The van der Waals surface area contributed by atoms with E-state index < -0.39 is 35.9 Å². The van der Waals surface area contributed by atoms with Crippen LogP contribution < -0.4 is 4.90 Å². The van der Waals surface area contributed by atoms with E-state index in [1.54, 1.807) is 33.0 Å². The summed E-state index contributed by atoms with van der Waals surface area (Å²) in [4.78, 5) is 9.41. The first-order valence-electron chi connectivity index (χ1n) is 11.1. The number of hydrogen-bond donors (Lipinski definition) is 2. The molecule has 0 aliphatic rings. The monoisotopic (exact) mass is 465 g/mol. The van der Waals surface area contributed by atoms with Gasteiger partial charge in [-0.05, 0) is 68.0 Å². The number of anilines is 1. The van der Waals surface area contributed by atoms with E-state index in [0.29, 0.717) is 16.6 Å². The van der Waals surface area contributed by atoms with Gasteiger partial charge in [0.15, 0.2) is 5.60 Å². The zero-order chi connectivity index (χ0) is 24.6. The van der Waals surface area contributed by atoms with Gasteiger partial charge < -0.3 is 15.0 Å². The number of nitrogens with zero attached hydrogens (tertiary/aromatic N) is 2. The highest BCUT2D eigenvalue weighted by atomic mass is 19.4. The van der Waals surface area contributed by atoms with Gasteiger partial charge in [-0.25, -0.2) is 9.37 Å². The summed E-state index contributed by atoms with van der Waals surface area (Å²) in [5, 5.41) is 11.7. The van der Waals surface area contributed by atoms with E-state index in [-0.39, 0.29) is 5.69 Å². The lowest BCUT2D eigenvalue weighted by Crippen LogP contribution is -2.51. The fourth-order valence-electron chi connectivity index (χ4n) is 4.62. The summed E-state index contributed by atoms with van der Waals surface area (Å²) in [6.07, 6.45) is -4.55. The first-order chi connectivity index (χ1) is 15.3. The molecule has 4 nitrogen and oxygen atoms in total. The Bertz CT molecular complexity index is 1120. The van der Waals surface area contributed by atoms with Crippen LogP contribution in [0.4, 0.5) is 23.4 Å². The second kappa shape index (κ2) is 8.97. The summed E-state index contributed by atoms with van der Waals surface area (Å²) in [5.74, 6) is 0.221. The molecule has 0 amide bonds. The number of benzene rings is 1. The minimum absolute atomic E-state index is 0.259. The van der Waals surface area contributed by atoms with E-state index in [1.807, 2.05) is 24.8 Å². The summed E-state index contributed by atoms with van der Waals surface area (Å²) in [5.41, 5.74) is -2.16. The molecule has 33 heavy (non-hydrogen) atoms. The van der Waals surface area contributed by atoms with Gasteiger partial charge in [-0.3, -0.25) is 0 Å². The third kappa shape index (κ3) is 5.16. The summed E-state index contributed by atoms with van der Waals surface area (Å²) in [7, 11) is 0. The molecule has 0 saturated heterocycles. The predicted molar refractivity (Wildman–Crippen MR) is 123 cm³/mol. The van der Waals surface area contributed by atoms with Crippen molar-refractivity contribution in [2.75, 3.05) is 18.0 Å². The van der Waals surface area contributed by atoms with E-state index in [2.05, 4.69) is 9.97 Å². The predicted octanol–water partition coefficient (Wildman–Crippen LogP) is 6.06. The van der Waals surface area contributed by atoms with Crippen molar-refractivity contribution < 1.29 is 22.7 Å². The SMILES string of the molecule is CCN(CC)c1cc2cc(CC(O)(CC(C)(C)c3cc(F)ccc3C)C(F)(F)F)[nH]c2cn1. The molecular formula is C25H31F4N3O. The van der Waals surface area contributed by atoms with Crippen LogP contribution in [-0.2, 0) is 11.8 Å². The highest BCUT2D eigenvalue weighted by molar-refractivity contribution is 5.82. The molecule has 0 fully saturated rings. The number of aryl methyl sites for hydroxylation is 1. The van der Waals surface area contributed by atoms with Crippen LogP contribution in [0.3, 0.4) is 0 Å². The van der Waals surface area contributed by atoms with Crippen molar-refractivity contribution in [2.24, 2.45) is 0 Å². The Morgan fingerprint density at radius 2 is 1.73 bits per heavy atom. The molecule has 1 unspecified atom stereocenters. The normalized spacial score (nSPS) is 14.5. The molecule has 8 heteroatoms. The fourth-order valence-corrected chi connectivity index (χ4v) is 4.62. The largest absolute Gasteiger partial charge is 0.417 e. The van der Waals surface area contributed by atoms with Crippen molar-refractivity contribution in [2.45, 2.75) is 64.7 Å². The van der Waals surface area contributed by atoms with Crippen molar-refractivity contribution in [3.8, 4) is 0 Å². The number of hydrogen-bond acceptors (Lipinski definition) is 3. The number of alkyl halides is 3. The molecule has 0 saturated carbocycles. The molecule has 180 valence electrons. The Hall–Kier alpha value is -2.61. The maximum absolute atomic E-state index is 14.2. The molecule has 0 aliphatic heterocycles. The smallest absolute Gasteiger partial charge is 0.380 e. The Morgan fingerprint density at radius 1 is 1.06 bits per heavy atom. The number of aliphatic hydroxyl groups is 1. The number of rotatable bonds is 8. The van der Waals surface area contributed by atoms with Gasteiger partial charge >= 0.3 is 6.18 Å². The molecule has 0 bridgehead atoms. The molecule has 3 aromatic rings. The van der Waals surface area contributed by atoms with Crippen molar-refractivity contribution in [1.29, 1.82) is 0 Å². The number of aromatic amines is 1. The lowest BCUT2D eigenvalue weighted by Gasteiger charge is -2.38. The molecule has 2 aromatic heterocycles. The average Bonchev–Trinajstić information content (AvgIpc) is 3.10. The third-order valence-corrected chi connectivity index (χ3v) is 6.31. The lowest BCUT2D eigenvalue weighted by atomic mass is 9.72. The highest BCUT2D eigenvalue weighted by Gasteiger charge is 2.56. The quantitative estimate of drug-likeness (QED) is 0.398. The number of pyridine rings is 1. The van der Waals surface area contributed by atoms with E-state index in [4.69, 9.17) is 0 Å². The Balaban J connectivity index is 1.96. The number of nitrogens with one attached hydrogen (secondary N) is 1. The van der Waals surface area contributed by atoms with Crippen LogP contribution in [-0.4, -0.2) is 39.9 Å². The molecule has 1 atom stereocenters. The van der Waals surface area contributed by atoms with Crippen molar-refractivity contribution in [3.05, 3.63) is 59.2 Å². The minimum atomic E-state index is -4.88. The third-order valence-electron chi connectivity index (χ3n) is 6.31. The zero-order valence-corrected chi connectivity index (χ0v) is 19.6. The summed E-state index contributed by atoms with van der Waals surface area (Å²) in [6.45, 7) is 10.4. The number of fused-ring (bicyclic) bond motifs is 1. The molecule has 0 spiro atoms. The van der Waals surface area contributed by atoms with Crippen molar-refractivity contribution >= 4 is 16.7 Å². The lowest BCUT2D eigenvalue weighted by molar-refractivity contribution is -0.266. The van der Waals surface area contributed by atoms with Crippen molar-refractivity contribution in [3.63, 3.8) is 0 Å². The van der Waals surface area contributed by atoms with Gasteiger partial charge in [0.1, 0.15) is 11.6 Å². The summed E-state index contributed by atoms with van der Waals surface area (Å²) < 4.78 is 56.4. The van der Waals surface area contributed by atoms with Crippen LogP contribution in [0.1, 0.15) is 50.9 Å². The second-order valence-corrected chi connectivity index (χ2v) is 9.32. The molecule has 2 heterocycles. The van der Waals surface area contributed by atoms with Gasteiger partial charge in [0.2, 0.25) is 0 Å². The second-order valence-electron chi connectivity index (χ2n) is 9.32. The molecule has 0 aliphatic carbocycles. The van der Waals surface area contributed by atoms with E-state index in [1.165, 1.54) is 18.2 Å².